The van der Waals surface area contributed by atoms with Gasteiger partial charge >= 0.3 is 0 Å². The topological polar surface area (TPSA) is 59.8 Å². The van der Waals surface area contributed by atoms with Gasteiger partial charge < -0.3 is 5.32 Å². The number of nitrogens with zero attached hydrogens (tertiary/aromatic N) is 3. The van der Waals surface area contributed by atoms with Crippen molar-refractivity contribution in [2.24, 2.45) is 0 Å². The number of amides is 1. The first-order valence-corrected chi connectivity index (χ1v) is 7.55. The van der Waals surface area contributed by atoms with Gasteiger partial charge in [-0.15, -0.1) is 0 Å². The van der Waals surface area contributed by atoms with Gasteiger partial charge in [0.1, 0.15) is 12.7 Å². The van der Waals surface area contributed by atoms with Crippen LogP contribution in [-0.2, 0) is 17.8 Å². The first-order chi connectivity index (χ1) is 11.3. The predicted octanol–water partition coefficient (Wildman–Crippen LogP) is 2.90. The molecule has 0 radical (unpaired) electrons. The summed E-state index contributed by atoms with van der Waals surface area (Å²) in [4.78, 5) is 15.9. The smallest absolute Gasteiger partial charge is 0.224 e. The van der Waals surface area contributed by atoms with E-state index >= 15 is 0 Å². The molecule has 0 atom stereocenters. The molecule has 23 heavy (non-hydrogen) atoms. The van der Waals surface area contributed by atoms with Gasteiger partial charge in [-0.05, 0) is 29.7 Å². The molecule has 0 aliphatic rings. The number of nitrogens with one attached hydrogen (secondary N) is 1. The summed E-state index contributed by atoms with van der Waals surface area (Å²) in [6, 6.07) is 17.8. The van der Waals surface area contributed by atoms with E-state index < -0.39 is 0 Å². The van der Waals surface area contributed by atoms with E-state index in [1.165, 1.54) is 11.9 Å². The maximum atomic E-state index is 12.0. The van der Waals surface area contributed by atoms with Crippen molar-refractivity contribution < 1.29 is 4.79 Å². The van der Waals surface area contributed by atoms with E-state index in [9.17, 15) is 4.79 Å². The van der Waals surface area contributed by atoms with E-state index in [1.807, 2.05) is 54.6 Å². The molecule has 0 bridgehead atoms. The number of carbonyl (C=O) groups excluding carboxylic acids is 1. The van der Waals surface area contributed by atoms with Crippen LogP contribution in [0.3, 0.4) is 0 Å². The molecular weight excluding hydrogens is 288 g/mol. The van der Waals surface area contributed by atoms with Crippen molar-refractivity contribution in [1.82, 2.24) is 14.8 Å². The van der Waals surface area contributed by atoms with Crippen molar-refractivity contribution in [2.75, 3.05) is 5.32 Å². The van der Waals surface area contributed by atoms with Gasteiger partial charge in [0.2, 0.25) is 5.91 Å². The minimum atomic E-state index is 0.0258. The van der Waals surface area contributed by atoms with Gasteiger partial charge in [0, 0.05) is 12.1 Å². The highest BCUT2D eigenvalue weighted by molar-refractivity contribution is 5.90. The highest BCUT2D eigenvalue weighted by atomic mass is 16.1. The van der Waals surface area contributed by atoms with Crippen LogP contribution in [0.2, 0.25) is 0 Å². The van der Waals surface area contributed by atoms with Crippen LogP contribution in [0.25, 0.3) is 0 Å². The van der Waals surface area contributed by atoms with E-state index in [-0.39, 0.29) is 5.91 Å². The fraction of sp³-hybridized carbons (Fsp3) is 0.167. The Balaban J connectivity index is 1.50. The molecule has 0 aliphatic carbocycles. The van der Waals surface area contributed by atoms with Crippen LogP contribution in [0.1, 0.15) is 17.5 Å². The summed E-state index contributed by atoms with van der Waals surface area (Å²) in [6.45, 7) is 0.669. The summed E-state index contributed by atoms with van der Waals surface area (Å²) < 4.78 is 1.76. The van der Waals surface area contributed by atoms with E-state index in [2.05, 4.69) is 15.4 Å². The maximum absolute atomic E-state index is 12.0. The van der Waals surface area contributed by atoms with Crippen LogP contribution in [0, 0.1) is 0 Å². The minimum Gasteiger partial charge on any atom is -0.326 e. The molecule has 0 spiro atoms. The Kier molecular flexibility index (Phi) is 4.79. The van der Waals surface area contributed by atoms with E-state index in [4.69, 9.17) is 0 Å². The molecule has 3 aromatic rings. The number of hydrogen-bond acceptors (Lipinski definition) is 3. The van der Waals surface area contributed by atoms with Gasteiger partial charge in [-0.1, -0.05) is 42.5 Å². The molecule has 5 heteroatoms. The Bertz CT molecular complexity index is 736. The van der Waals surface area contributed by atoms with Crippen LogP contribution >= 0.6 is 0 Å². The van der Waals surface area contributed by atoms with Gasteiger partial charge in [-0.25, -0.2) is 9.67 Å². The average molecular weight is 306 g/mol. The number of anilines is 1. The van der Waals surface area contributed by atoms with Crippen molar-refractivity contribution in [3.63, 3.8) is 0 Å². The Morgan fingerprint density at radius 2 is 1.78 bits per heavy atom. The van der Waals surface area contributed by atoms with E-state index in [1.54, 1.807) is 11.0 Å². The Morgan fingerprint density at radius 1 is 1.00 bits per heavy atom. The molecule has 1 amide bonds. The lowest BCUT2D eigenvalue weighted by atomic mass is 10.1. The van der Waals surface area contributed by atoms with Crippen molar-refractivity contribution in [2.45, 2.75) is 19.4 Å². The Morgan fingerprint density at radius 3 is 2.48 bits per heavy atom. The van der Waals surface area contributed by atoms with Crippen molar-refractivity contribution in [1.29, 1.82) is 0 Å². The van der Waals surface area contributed by atoms with Crippen molar-refractivity contribution in [3.05, 3.63) is 78.4 Å². The molecule has 2 aromatic carbocycles. The second-order valence-corrected chi connectivity index (χ2v) is 5.32. The normalized spacial score (nSPS) is 10.4. The number of hydrogen-bond donors (Lipinski definition) is 1. The highest BCUT2D eigenvalue weighted by Crippen LogP contribution is 2.11. The van der Waals surface area contributed by atoms with E-state index in [0.29, 0.717) is 13.0 Å². The second-order valence-electron chi connectivity index (χ2n) is 5.32. The highest BCUT2D eigenvalue weighted by Gasteiger charge is 2.03. The monoisotopic (exact) mass is 306 g/mol. The maximum Gasteiger partial charge on any atom is 0.224 e. The summed E-state index contributed by atoms with van der Waals surface area (Å²) in [5.41, 5.74) is 3.09. The van der Waals surface area contributed by atoms with Gasteiger partial charge in [0.15, 0.2) is 0 Å². The zero-order valence-electron chi connectivity index (χ0n) is 12.7. The molecule has 5 nitrogen and oxygen atoms in total. The minimum absolute atomic E-state index is 0.0258. The molecule has 0 aliphatic heterocycles. The lowest BCUT2D eigenvalue weighted by Gasteiger charge is -2.07. The first-order valence-electron chi connectivity index (χ1n) is 7.55. The Hall–Kier alpha value is -2.95. The molecule has 0 fully saturated rings. The summed E-state index contributed by atoms with van der Waals surface area (Å²) >= 11 is 0. The average Bonchev–Trinajstić information content (AvgIpc) is 3.09. The third-order valence-electron chi connectivity index (χ3n) is 3.53. The van der Waals surface area contributed by atoms with Gasteiger partial charge in [0.25, 0.3) is 0 Å². The van der Waals surface area contributed by atoms with Crippen LogP contribution in [0.4, 0.5) is 5.69 Å². The number of aromatic nitrogens is 3. The number of benzene rings is 2. The van der Waals surface area contributed by atoms with Crippen LogP contribution in [0.15, 0.2) is 67.3 Å². The fourth-order valence-corrected chi connectivity index (χ4v) is 2.32. The van der Waals surface area contributed by atoms with Gasteiger partial charge in [-0.2, -0.15) is 5.10 Å². The molecule has 1 heterocycles. The van der Waals surface area contributed by atoms with Gasteiger partial charge in [-0.3, -0.25) is 4.79 Å². The number of aryl methyl sites for hydroxylation is 1. The molecule has 0 saturated heterocycles. The van der Waals surface area contributed by atoms with Crippen LogP contribution in [-0.4, -0.2) is 20.7 Å². The lowest BCUT2D eigenvalue weighted by Crippen LogP contribution is -2.12. The second kappa shape index (κ2) is 7.35. The third kappa shape index (κ3) is 4.51. The summed E-state index contributed by atoms with van der Waals surface area (Å²) in [5, 5.41) is 7.00. The fourth-order valence-electron chi connectivity index (χ4n) is 2.32. The quantitative estimate of drug-likeness (QED) is 0.762. The molecule has 1 N–H and O–H groups in total. The van der Waals surface area contributed by atoms with Crippen LogP contribution in [0.5, 0.6) is 0 Å². The summed E-state index contributed by atoms with van der Waals surface area (Å²) in [5.74, 6) is 0.0258. The molecular formula is C18H18N4O. The third-order valence-corrected chi connectivity index (χ3v) is 3.53. The lowest BCUT2D eigenvalue weighted by molar-refractivity contribution is -0.116. The summed E-state index contributed by atoms with van der Waals surface area (Å²) in [7, 11) is 0. The SMILES string of the molecule is O=C(CCc1ccccc1)Nc1ccc(Cn2cncn2)cc1. The molecule has 1 aromatic heterocycles. The Labute approximate surface area is 135 Å². The van der Waals surface area contributed by atoms with E-state index in [0.717, 1.165) is 17.7 Å². The summed E-state index contributed by atoms with van der Waals surface area (Å²) in [6.07, 6.45) is 4.42. The number of rotatable bonds is 6. The zero-order chi connectivity index (χ0) is 15.9. The largest absolute Gasteiger partial charge is 0.326 e. The molecule has 116 valence electrons. The standard InChI is InChI=1S/C18H18N4O/c23-18(11-8-15-4-2-1-3-5-15)21-17-9-6-16(7-10-17)12-22-14-19-13-20-22/h1-7,9-10,13-14H,8,11-12H2,(H,21,23). The molecule has 3 rings (SSSR count). The molecule has 0 unspecified atom stereocenters. The van der Waals surface area contributed by atoms with Crippen LogP contribution < -0.4 is 5.32 Å². The first kappa shape index (κ1) is 15.0. The molecule has 0 saturated carbocycles. The van der Waals surface area contributed by atoms with Gasteiger partial charge in [0.05, 0.1) is 6.54 Å². The van der Waals surface area contributed by atoms with Crippen molar-refractivity contribution in [3.8, 4) is 0 Å². The predicted molar refractivity (Wildman–Crippen MR) is 89.0 cm³/mol. The number of carbonyl (C=O) groups is 1. The zero-order valence-corrected chi connectivity index (χ0v) is 12.7. The van der Waals surface area contributed by atoms with Crippen molar-refractivity contribution >= 4 is 11.6 Å².